The number of amides is 8. The lowest BCUT2D eigenvalue weighted by atomic mass is 10.0. The number of thioether (sulfide) groups is 5. The normalized spacial score (nSPS) is 10.3. The van der Waals surface area contributed by atoms with E-state index >= 15 is 0 Å². The van der Waals surface area contributed by atoms with Gasteiger partial charge in [0.1, 0.15) is 50.3 Å². The van der Waals surface area contributed by atoms with Crippen LogP contribution in [0.15, 0.2) is 12.7 Å². The van der Waals surface area contributed by atoms with E-state index in [2.05, 4.69) is 103 Å². The smallest absolute Gasteiger partial charge is 0.224 e. The summed E-state index contributed by atoms with van der Waals surface area (Å²) >= 11 is 12.6. The first-order valence-corrected chi connectivity index (χ1v) is 47.6. The van der Waals surface area contributed by atoms with E-state index in [1.54, 1.807) is 88.8 Å². The molecule has 0 bridgehead atoms. The van der Waals surface area contributed by atoms with Gasteiger partial charge in [0.05, 0.1) is 37.0 Å². The minimum absolute atomic E-state index is 0.00243. The third-order valence-electron chi connectivity index (χ3n) is 14.2. The van der Waals surface area contributed by atoms with Crippen LogP contribution in [0.4, 0.5) is 0 Å². The van der Waals surface area contributed by atoms with Crippen LogP contribution < -0.4 is 42.5 Å². The Morgan fingerprint density at radius 3 is 0.825 bits per heavy atom. The molecule has 0 aromatic heterocycles. The van der Waals surface area contributed by atoms with Crippen LogP contribution >= 0.6 is 71.4 Å². The Hall–Kier alpha value is -6.36. The lowest BCUT2D eigenvalue weighted by Gasteiger charge is -2.16. The average Bonchev–Trinajstić information content (AvgIpc) is 0.942. The van der Waals surface area contributed by atoms with Gasteiger partial charge in [-0.25, -0.2) is 0 Å². The van der Waals surface area contributed by atoms with Crippen LogP contribution in [0.3, 0.4) is 0 Å². The van der Waals surface area contributed by atoms with Gasteiger partial charge in [-0.1, -0.05) is 107 Å². The van der Waals surface area contributed by atoms with Crippen molar-refractivity contribution in [1.82, 2.24) is 42.5 Å². The molecule has 704 valence electrons. The van der Waals surface area contributed by atoms with Crippen LogP contribution in [-0.4, -0.2) is 235 Å². The highest BCUT2D eigenvalue weighted by Gasteiger charge is 2.24. The molecule has 0 aromatic carbocycles. The zero-order valence-corrected chi connectivity index (χ0v) is 82.7. The molecule has 0 aliphatic heterocycles. The maximum atomic E-state index is 11.8. The number of carbonyl (C=O) groups excluding carboxylic acids is 20. The number of Topliss-reactive ketones (excluding diaryl/α,β-unsaturated/α-hetero) is 8. The molecule has 4 unspecified atom stereocenters. The van der Waals surface area contributed by atoms with E-state index in [1.807, 2.05) is 86.5 Å². The lowest BCUT2D eigenvalue weighted by molar-refractivity contribution is -0.129. The second kappa shape index (κ2) is 117. The zero-order chi connectivity index (χ0) is 96.1. The number of thiol groups is 1. The van der Waals surface area contributed by atoms with E-state index in [0.29, 0.717) is 67.3 Å². The molecule has 4 atom stereocenters. The van der Waals surface area contributed by atoms with Gasteiger partial charge in [0, 0.05) is 146 Å². The van der Waals surface area contributed by atoms with Crippen LogP contribution in [0.1, 0.15) is 286 Å². The van der Waals surface area contributed by atoms with E-state index in [1.165, 1.54) is 46.3 Å². The molecule has 8 amide bonds. The molecule has 120 heavy (non-hydrogen) atoms. The Labute approximate surface area is 751 Å². The summed E-state index contributed by atoms with van der Waals surface area (Å²) < 4.78 is 0. The van der Waals surface area contributed by atoms with E-state index in [9.17, 15) is 76.7 Å². The molecule has 0 rings (SSSR count). The second-order valence-corrected chi connectivity index (χ2v) is 32.6. The summed E-state index contributed by atoms with van der Waals surface area (Å²) in [4.78, 5) is 210. The molecule has 0 saturated carbocycles. The van der Waals surface area contributed by atoms with Crippen LogP contribution in [0.5, 0.6) is 0 Å². The molecule has 0 aromatic rings. The Balaban J connectivity index is -0.0000000998. The SMILES string of the molecule is C=CCC.C=O.C=O.C=O.C=O.CC(C)NC(=O)CCS.CCC(C)=O.CCC(C)=O.CCCCSCC(CC(=O)CNC(C)=O)C(=O)NC.CCCCSCC(CC(=O)CNC(C)=O)C(=O)NC.CCCCSCC(NC(=O)CCC(C)=O)C(=O)CC.CCCCSCC(NC(=O)CCC(C)=O)C(=O)CC.CCCCSCCC(=O)NC(C)C. The summed E-state index contributed by atoms with van der Waals surface area (Å²) in [7, 11) is 3.15. The molecule has 8 N–H and O–H groups in total. The van der Waals surface area contributed by atoms with Crippen molar-refractivity contribution in [2.24, 2.45) is 11.8 Å². The summed E-state index contributed by atoms with van der Waals surface area (Å²) in [5.74, 6) is 8.23. The third kappa shape index (κ3) is 135. The number of hydrogen-bond acceptors (Lipinski definition) is 26. The lowest BCUT2D eigenvalue weighted by Crippen LogP contribution is -2.42. The zero-order valence-electron chi connectivity index (χ0n) is 77.7. The monoisotopic (exact) mass is 1820 g/mol. The Bertz CT molecular complexity index is 2340. The molecule has 0 fully saturated rings. The van der Waals surface area contributed by atoms with Crippen molar-refractivity contribution >= 4 is 192 Å². The number of hydrogen-bond donors (Lipinski definition) is 9. The van der Waals surface area contributed by atoms with Crippen molar-refractivity contribution in [3.8, 4) is 0 Å². The highest BCUT2D eigenvalue weighted by atomic mass is 32.2. The van der Waals surface area contributed by atoms with E-state index in [0.717, 1.165) is 86.6 Å². The number of carbonyl (C=O) groups is 20. The van der Waals surface area contributed by atoms with Crippen molar-refractivity contribution in [2.45, 2.75) is 310 Å². The molecule has 0 spiro atoms. The standard InChI is InChI=1S/2C14H25NO3S.2C13H24N2O3S.C10H21NOS.C6H13NOS.2C4H8O.C4H8.4CH2O/c2*1-4-6-9-19-10-12(13(17)5-2)15-14(18)8-7-11(3)16;2*1-4-5-6-19-9-11(13(18)14-3)7-12(17)8-15-10(2)16;1-4-5-7-13-8-6-10(12)11-9(2)3;1-5(2)7-6(8)3-4-9;2*1-3-4(2)5;1-3-4-2;4*1-2/h2*12H,4-10H2,1-3H3,(H,15,18);2*11H,4-9H2,1-3H3,(H,14,18)(H,15,16);9H,4-8H2,1-3H3,(H,11,12);5,9H,3-4H2,1-2H3,(H,7,8);2*3H2,1-2H3;3H,1,4H2,2H3;4*1H2. The number of unbranched alkanes of at least 4 members (excludes halogenated alkanes) is 5. The molecule has 34 heteroatoms. The fourth-order valence-electron chi connectivity index (χ4n) is 7.28. The molecule has 0 radical (unpaired) electrons. The van der Waals surface area contributed by atoms with E-state index < -0.39 is 12.1 Å². The minimum atomic E-state index is -0.411. The first-order valence-electron chi connectivity index (χ1n) is 41.2. The van der Waals surface area contributed by atoms with Gasteiger partial charge in [-0.15, -0.1) is 6.58 Å². The molecule has 28 nitrogen and oxygen atoms in total. The van der Waals surface area contributed by atoms with Crippen LogP contribution in [0, 0.1) is 11.8 Å². The highest BCUT2D eigenvalue weighted by Crippen LogP contribution is 2.17. The molecule has 0 heterocycles. The molecule has 0 aliphatic carbocycles. The van der Waals surface area contributed by atoms with Gasteiger partial charge in [0.15, 0.2) is 23.1 Å². The summed E-state index contributed by atoms with van der Waals surface area (Å²) in [5.41, 5.74) is 0. The van der Waals surface area contributed by atoms with Crippen molar-refractivity contribution in [2.75, 3.05) is 90.5 Å². The molecular formula is C86H164N8O20S6. The van der Waals surface area contributed by atoms with Gasteiger partial charge in [-0.05, 0) is 128 Å². The number of rotatable bonds is 55. The number of allylic oxidation sites excluding steroid dienone is 1. The van der Waals surface area contributed by atoms with Crippen molar-refractivity contribution in [3.05, 3.63) is 12.7 Å². The third-order valence-corrected chi connectivity index (χ3v) is 20.2. The molecule has 0 aliphatic rings. The van der Waals surface area contributed by atoms with Gasteiger partial charge >= 0.3 is 0 Å². The summed E-state index contributed by atoms with van der Waals surface area (Å²) in [6.45, 7) is 48.2. The van der Waals surface area contributed by atoms with Crippen LogP contribution in [0.25, 0.3) is 0 Å². The van der Waals surface area contributed by atoms with Crippen molar-refractivity contribution in [3.63, 3.8) is 0 Å². The topological polar surface area (TPSA) is 438 Å². The second-order valence-electron chi connectivity index (χ2n) is 26.4. The first kappa shape index (κ1) is 142. The quantitative estimate of drug-likeness (QED) is 0.0155. The summed E-state index contributed by atoms with van der Waals surface area (Å²) in [6.07, 6.45) is 19.0. The van der Waals surface area contributed by atoms with Gasteiger partial charge in [-0.2, -0.15) is 71.4 Å². The Morgan fingerprint density at radius 2 is 0.608 bits per heavy atom. The molecule has 0 saturated heterocycles. The van der Waals surface area contributed by atoms with Crippen molar-refractivity contribution in [1.29, 1.82) is 0 Å². The van der Waals surface area contributed by atoms with Gasteiger partial charge in [0.2, 0.25) is 47.3 Å². The maximum absolute atomic E-state index is 11.8. The van der Waals surface area contributed by atoms with Gasteiger partial charge in [-0.3, -0.25) is 57.5 Å². The van der Waals surface area contributed by atoms with Crippen LogP contribution in [-0.2, 0) is 95.9 Å². The maximum Gasteiger partial charge on any atom is 0.224 e. The Morgan fingerprint density at radius 1 is 0.350 bits per heavy atom. The molecular weight excluding hydrogens is 1660 g/mol. The van der Waals surface area contributed by atoms with E-state index in [-0.39, 0.29) is 169 Å². The highest BCUT2D eigenvalue weighted by molar-refractivity contribution is 8.00. The van der Waals surface area contributed by atoms with Gasteiger partial charge < -0.3 is 80.9 Å². The van der Waals surface area contributed by atoms with Gasteiger partial charge in [0.25, 0.3) is 0 Å². The van der Waals surface area contributed by atoms with Crippen molar-refractivity contribution < 1.29 is 95.9 Å². The fourth-order valence-corrected chi connectivity index (χ4v) is 13.3. The predicted molar refractivity (Wildman–Crippen MR) is 508 cm³/mol. The fraction of sp³-hybridized carbons (Fsp3) is 0.744. The average molecular weight is 1820 g/mol. The van der Waals surface area contributed by atoms with E-state index in [4.69, 9.17) is 19.2 Å². The largest absolute Gasteiger partial charge is 0.359 e. The summed E-state index contributed by atoms with van der Waals surface area (Å²) in [5, 5.41) is 21.2. The van der Waals surface area contributed by atoms with Crippen LogP contribution in [0.2, 0.25) is 0 Å². The minimum Gasteiger partial charge on any atom is -0.359 e. The number of nitrogens with one attached hydrogen (secondary N) is 8. The first-order chi connectivity index (χ1) is 56.8. The Kier molecular flexibility index (Phi) is 139. The predicted octanol–water partition coefficient (Wildman–Crippen LogP) is 12.7. The number of ketones is 8. The summed E-state index contributed by atoms with van der Waals surface area (Å²) in [6, 6.07) is -0.303.